The summed E-state index contributed by atoms with van der Waals surface area (Å²) in [5.41, 5.74) is 1.48. The van der Waals surface area contributed by atoms with E-state index < -0.39 is 6.04 Å². The molecule has 1 aliphatic carbocycles. The van der Waals surface area contributed by atoms with Crippen LogP contribution in [0.5, 0.6) is 5.75 Å². The van der Waals surface area contributed by atoms with Gasteiger partial charge in [0, 0.05) is 17.6 Å². The number of amides is 2. The SMILES string of the molecule is CCCCCCOc1ccc([C@@H](C(=O)NC2CCCCC2)N(Cc2ccccc2Cl)C(=O)CCl)cc1. The molecule has 0 unspecified atom stereocenters. The van der Waals surface area contributed by atoms with Gasteiger partial charge in [-0.15, -0.1) is 11.6 Å². The third-order valence-electron chi connectivity index (χ3n) is 6.71. The summed E-state index contributed by atoms with van der Waals surface area (Å²) in [6.45, 7) is 3.03. The van der Waals surface area contributed by atoms with Gasteiger partial charge >= 0.3 is 0 Å². The van der Waals surface area contributed by atoms with E-state index in [-0.39, 0.29) is 30.3 Å². The Morgan fingerprint density at radius 2 is 1.75 bits per heavy atom. The number of nitrogens with one attached hydrogen (secondary N) is 1. The van der Waals surface area contributed by atoms with Gasteiger partial charge in [-0.3, -0.25) is 9.59 Å². The van der Waals surface area contributed by atoms with E-state index in [9.17, 15) is 9.59 Å². The first-order chi connectivity index (χ1) is 17.5. The second-order valence-electron chi connectivity index (χ2n) is 9.47. The molecule has 2 aromatic rings. The fraction of sp³-hybridized carbons (Fsp3) is 0.517. The van der Waals surface area contributed by atoms with Crippen LogP contribution in [0.4, 0.5) is 0 Å². The molecule has 0 saturated heterocycles. The van der Waals surface area contributed by atoms with E-state index in [1.54, 1.807) is 6.07 Å². The molecule has 36 heavy (non-hydrogen) atoms. The summed E-state index contributed by atoms with van der Waals surface area (Å²) >= 11 is 12.4. The molecule has 5 nitrogen and oxygen atoms in total. The molecule has 1 saturated carbocycles. The fourth-order valence-corrected chi connectivity index (χ4v) is 5.02. The van der Waals surface area contributed by atoms with Crippen LogP contribution >= 0.6 is 23.2 Å². The number of rotatable bonds is 13. The molecule has 2 amide bonds. The van der Waals surface area contributed by atoms with Crippen LogP contribution in [0.3, 0.4) is 0 Å². The zero-order valence-corrected chi connectivity index (χ0v) is 22.7. The van der Waals surface area contributed by atoms with Crippen LogP contribution in [0.2, 0.25) is 5.02 Å². The van der Waals surface area contributed by atoms with Crippen molar-refractivity contribution in [2.45, 2.75) is 83.3 Å². The minimum Gasteiger partial charge on any atom is -0.494 e. The van der Waals surface area contributed by atoms with Gasteiger partial charge in [-0.25, -0.2) is 0 Å². The van der Waals surface area contributed by atoms with Crippen molar-refractivity contribution in [1.82, 2.24) is 10.2 Å². The van der Waals surface area contributed by atoms with Gasteiger partial charge in [0.15, 0.2) is 0 Å². The summed E-state index contributed by atoms with van der Waals surface area (Å²) in [6.07, 6.45) is 9.86. The Morgan fingerprint density at radius 1 is 1.03 bits per heavy atom. The van der Waals surface area contributed by atoms with E-state index in [0.29, 0.717) is 17.2 Å². The van der Waals surface area contributed by atoms with E-state index in [1.165, 1.54) is 24.2 Å². The van der Waals surface area contributed by atoms with E-state index in [2.05, 4.69) is 12.2 Å². The number of halogens is 2. The first kappa shape index (κ1) is 28.3. The summed E-state index contributed by atoms with van der Waals surface area (Å²) in [4.78, 5) is 28.3. The molecular formula is C29H38Cl2N2O3. The zero-order valence-electron chi connectivity index (χ0n) is 21.2. The summed E-state index contributed by atoms with van der Waals surface area (Å²) in [7, 11) is 0. The summed E-state index contributed by atoms with van der Waals surface area (Å²) in [5, 5.41) is 3.75. The first-order valence-corrected chi connectivity index (χ1v) is 14.1. The molecule has 2 aromatic carbocycles. The lowest BCUT2D eigenvalue weighted by molar-refractivity contribution is -0.140. The van der Waals surface area contributed by atoms with E-state index >= 15 is 0 Å². The Hall–Kier alpha value is -2.24. The Morgan fingerprint density at radius 3 is 2.42 bits per heavy atom. The summed E-state index contributed by atoms with van der Waals surface area (Å²) < 4.78 is 5.89. The van der Waals surface area contributed by atoms with Crippen LogP contribution in [0.1, 0.15) is 81.9 Å². The van der Waals surface area contributed by atoms with Gasteiger partial charge in [0.05, 0.1) is 6.61 Å². The third-order valence-corrected chi connectivity index (χ3v) is 7.30. The number of unbranched alkanes of at least 4 members (excludes halogenated alkanes) is 3. The molecule has 1 atom stereocenters. The maximum Gasteiger partial charge on any atom is 0.247 e. The van der Waals surface area contributed by atoms with Crippen LogP contribution in [0.25, 0.3) is 0 Å². The van der Waals surface area contributed by atoms with E-state index in [1.807, 2.05) is 42.5 Å². The van der Waals surface area contributed by atoms with Gasteiger partial charge in [0.25, 0.3) is 0 Å². The number of hydrogen-bond donors (Lipinski definition) is 1. The number of carbonyl (C=O) groups excluding carboxylic acids is 2. The number of nitrogens with zero attached hydrogens (tertiary/aromatic N) is 1. The molecule has 0 aliphatic heterocycles. The molecular weight excluding hydrogens is 495 g/mol. The van der Waals surface area contributed by atoms with Crippen molar-refractivity contribution in [3.63, 3.8) is 0 Å². The Bertz CT molecular complexity index is 961. The second-order valence-corrected chi connectivity index (χ2v) is 10.1. The molecule has 1 N–H and O–H groups in total. The predicted molar refractivity (Wildman–Crippen MR) is 147 cm³/mol. The lowest BCUT2D eigenvalue weighted by Crippen LogP contribution is -2.47. The minimum atomic E-state index is -0.826. The van der Waals surface area contributed by atoms with E-state index in [4.69, 9.17) is 27.9 Å². The Balaban J connectivity index is 1.85. The fourth-order valence-electron chi connectivity index (χ4n) is 4.68. The van der Waals surface area contributed by atoms with Crippen LogP contribution < -0.4 is 10.1 Å². The van der Waals surface area contributed by atoms with Gasteiger partial charge in [-0.1, -0.05) is 87.4 Å². The van der Waals surface area contributed by atoms with Crippen molar-refractivity contribution in [2.24, 2.45) is 0 Å². The van der Waals surface area contributed by atoms with Gasteiger partial charge in [0.1, 0.15) is 17.7 Å². The van der Waals surface area contributed by atoms with Crippen LogP contribution in [0.15, 0.2) is 48.5 Å². The molecule has 196 valence electrons. The second kappa shape index (κ2) is 15.1. The molecule has 0 heterocycles. The number of benzene rings is 2. The lowest BCUT2D eigenvalue weighted by Gasteiger charge is -2.33. The number of carbonyl (C=O) groups is 2. The molecule has 0 spiro atoms. The zero-order chi connectivity index (χ0) is 25.8. The highest BCUT2D eigenvalue weighted by molar-refractivity contribution is 6.31. The first-order valence-electron chi connectivity index (χ1n) is 13.2. The molecule has 0 radical (unpaired) electrons. The predicted octanol–water partition coefficient (Wildman–Crippen LogP) is 7.06. The van der Waals surface area contributed by atoms with Crippen molar-refractivity contribution in [3.05, 3.63) is 64.7 Å². The quantitative estimate of drug-likeness (QED) is 0.222. The Kier molecular flexibility index (Phi) is 11.9. The molecule has 1 aliphatic rings. The number of hydrogen-bond acceptors (Lipinski definition) is 3. The topological polar surface area (TPSA) is 58.6 Å². The van der Waals surface area contributed by atoms with Crippen LogP contribution in [-0.2, 0) is 16.1 Å². The smallest absolute Gasteiger partial charge is 0.247 e. The molecule has 0 bridgehead atoms. The summed E-state index contributed by atoms with van der Waals surface area (Å²) in [6, 6.07) is 14.1. The van der Waals surface area contributed by atoms with Gasteiger partial charge in [-0.05, 0) is 48.6 Å². The van der Waals surface area contributed by atoms with Crippen molar-refractivity contribution in [3.8, 4) is 5.75 Å². The molecule has 3 rings (SSSR count). The monoisotopic (exact) mass is 532 g/mol. The minimum absolute atomic E-state index is 0.118. The third kappa shape index (κ3) is 8.41. The highest BCUT2D eigenvalue weighted by Crippen LogP contribution is 2.29. The van der Waals surface area contributed by atoms with Crippen molar-refractivity contribution >= 4 is 35.0 Å². The highest BCUT2D eigenvalue weighted by Gasteiger charge is 2.33. The van der Waals surface area contributed by atoms with Gasteiger partial charge in [-0.2, -0.15) is 0 Å². The van der Waals surface area contributed by atoms with E-state index in [0.717, 1.165) is 49.8 Å². The maximum atomic E-state index is 13.7. The molecule has 7 heteroatoms. The lowest BCUT2D eigenvalue weighted by atomic mass is 9.94. The number of alkyl halides is 1. The van der Waals surface area contributed by atoms with Crippen LogP contribution in [0, 0.1) is 0 Å². The molecule has 1 fully saturated rings. The van der Waals surface area contributed by atoms with Crippen molar-refractivity contribution in [1.29, 1.82) is 0 Å². The summed E-state index contributed by atoms with van der Waals surface area (Å²) in [5.74, 6) is 0.0108. The standard InChI is InChI=1S/C29H38Cl2N2O3/c1-2-3-4-10-19-36-25-17-15-22(16-18-25)28(29(35)32-24-12-6-5-7-13-24)33(27(34)20-30)21-23-11-8-9-14-26(23)31/h8-9,11,14-18,24,28H,2-7,10,12-13,19-21H2,1H3,(H,32,35)/t28-/m0/s1. The Labute approximate surface area is 225 Å². The highest BCUT2D eigenvalue weighted by atomic mass is 35.5. The largest absolute Gasteiger partial charge is 0.494 e. The molecule has 0 aromatic heterocycles. The van der Waals surface area contributed by atoms with Crippen molar-refractivity contribution < 1.29 is 14.3 Å². The van der Waals surface area contributed by atoms with Gasteiger partial charge in [0.2, 0.25) is 11.8 Å². The average molecular weight is 534 g/mol. The normalized spacial score (nSPS) is 14.8. The van der Waals surface area contributed by atoms with Crippen molar-refractivity contribution in [2.75, 3.05) is 12.5 Å². The maximum absolute atomic E-state index is 13.7. The van der Waals surface area contributed by atoms with Gasteiger partial charge < -0.3 is 15.0 Å². The van der Waals surface area contributed by atoms with Crippen LogP contribution in [-0.4, -0.2) is 35.2 Å². The average Bonchev–Trinajstić information content (AvgIpc) is 2.90. The number of ether oxygens (including phenoxy) is 1.